The predicted molar refractivity (Wildman–Crippen MR) is 78.3 cm³/mol. The summed E-state index contributed by atoms with van der Waals surface area (Å²) in [7, 11) is 3.33. The number of nitrogens with one attached hydrogen (secondary N) is 1. The Hall–Kier alpha value is -0.240. The van der Waals surface area contributed by atoms with Crippen LogP contribution in [0.5, 0.6) is 0 Å². The highest BCUT2D eigenvalue weighted by Gasteiger charge is 2.09. The zero-order chi connectivity index (χ0) is 15.1. The molecule has 0 aliphatic carbocycles. The smallest absolute Gasteiger partial charge is 0.0933 e. The van der Waals surface area contributed by atoms with E-state index in [2.05, 4.69) is 19.2 Å². The van der Waals surface area contributed by atoms with Crippen molar-refractivity contribution < 1.29 is 23.7 Å². The molecule has 0 aromatic carbocycles. The number of hydrogen-bond acceptors (Lipinski definition) is 6. The maximum atomic E-state index is 5.70. The van der Waals surface area contributed by atoms with E-state index in [1.807, 2.05) is 0 Å². The Morgan fingerprint density at radius 1 is 0.800 bits per heavy atom. The molecular formula is C14H31NO5. The van der Waals surface area contributed by atoms with E-state index >= 15 is 0 Å². The maximum Gasteiger partial charge on any atom is 0.0933 e. The standard InChI is InChI=1S/C14H31NO5/c1-13(2)15-11-14(12-17-4)20-10-9-19-8-7-18-6-5-16-3/h13-15H,5-12H2,1-4H3. The average Bonchev–Trinajstić information content (AvgIpc) is 2.42. The molecule has 122 valence electrons. The number of ether oxygens (including phenoxy) is 5. The lowest BCUT2D eigenvalue weighted by Gasteiger charge is -2.19. The van der Waals surface area contributed by atoms with Gasteiger partial charge in [-0.2, -0.15) is 0 Å². The first-order valence-corrected chi connectivity index (χ1v) is 7.19. The molecule has 0 fully saturated rings. The molecule has 0 aromatic rings. The van der Waals surface area contributed by atoms with E-state index < -0.39 is 0 Å². The normalized spacial score (nSPS) is 13.1. The lowest BCUT2D eigenvalue weighted by molar-refractivity contribution is -0.0373. The van der Waals surface area contributed by atoms with Gasteiger partial charge in [-0.3, -0.25) is 0 Å². The Morgan fingerprint density at radius 2 is 1.40 bits per heavy atom. The zero-order valence-corrected chi connectivity index (χ0v) is 13.4. The van der Waals surface area contributed by atoms with Crippen molar-refractivity contribution in [2.24, 2.45) is 0 Å². The van der Waals surface area contributed by atoms with Crippen LogP contribution in [0.25, 0.3) is 0 Å². The van der Waals surface area contributed by atoms with Gasteiger partial charge in [0.2, 0.25) is 0 Å². The second-order valence-corrected chi connectivity index (χ2v) is 4.73. The van der Waals surface area contributed by atoms with Gasteiger partial charge in [0, 0.05) is 26.8 Å². The van der Waals surface area contributed by atoms with Crippen LogP contribution in [0.3, 0.4) is 0 Å². The monoisotopic (exact) mass is 293 g/mol. The highest BCUT2D eigenvalue weighted by Crippen LogP contribution is 1.93. The minimum absolute atomic E-state index is 0.0592. The van der Waals surface area contributed by atoms with Gasteiger partial charge in [0.15, 0.2) is 0 Å². The number of methoxy groups -OCH3 is 2. The molecule has 0 bridgehead atoms. The molecule has 1 atom stereocenters. The van der Waals surface area contributed by atoms with Gasteiger partial charge in [0.1, 0.15) is 0 Å². The Morgan fingerprint density at radius 3 is 1.95 bits per heavy atom. The SMILES string of the molecule is COCCOCCOCCOC(CNC(C)C)COC. The molecule has 0 heterocycles. The van der Waals surface area contributed by atoms with Gasteiger partial charge >= 0.3 is 0 Å². The van der Waals surface area contributed by atoms with Gasteiger partial charge in [-0.1, -0.05) is 13.8 Å². The van der Waals surface area contributed by atoms with Gasteiger partial charge in [-0.25, -0.2) is 0 Å². The van der Waals surface area contributed by atoms with E-state index in [1.54, 1.807) is 14.2 Å². The van der Waals surface area contributed by atoms with Crippen LogP contribution in [0.4, 0.5) is 0 Å². The second-order valence-electron chi connectivity index (χ2n) is 4.73. The van der Waals surface area contributed by atoms with E-state index in [0.717, 1.165) is 6.54 Å². The first-order valence-electron chi connectivity index (χ1n) is 7.19. The van der Waals surface area contributed by atoms with Gasteiger partial charge < -0.3 is 29.0 Å². The summed E-state index contributed by atoms with van der Waals surface area (Å²) in [5.41, 5.74) is 0. The van der Waals surface area contributed by atoms with Crippen LogP contribution in [0.2, 0.25) is 0 Å². The summed E-state index contributed by atoms with van der Waals surface area (Å²) in [5, 5.41) is 3.33. The zero-order valence-electron chi connectivity index (χ0n) is 13.4. The first-order chi connectivity index (χ1) is 9.70. The Kier molecular flexibility index (Phi) is 15.0. The summed E-state index contributed by atoms with van der Waals surface area (Å²) in [5.74, 6) is 0. The Balaban J connectivity index is 3.39. The van der Waals surface area contributed by atoms with Crippen LogP contribution in [-0.2, 0) is 23.7 Å². The van der Waals surface area contributed by atoms with Crippen molar-refractivity contribution in [2.45, 2.75) is 26.0 Å². The quantitative estimate of drug-likeness (QED) is 0.449. The van der Waals surface area contributed by atoms with Gasteiger partial charge in [0.25, 0.3) is 0 Å². The molecule has 0 saturated heterocycles. The molecular weight excluding hydrogens is 262 g/mol. The molecule has 0 saturated carbocycles. The van der Waals surface area contributed by atoms with Gasteiger partial charge in [-0.15, -0.1) is 0 Å². The molecule has 0 rings (SSSR count). The van der Waals surface area contributed by atoms with Crippen LogP contribution in [-0.4, -0.2) is 79.2 Å². The molecule has 0 aliphatic heterocycles. The molecule has 0 aromatic heterocycles. The molecule has 6 nitrogen and oxygen atoms in total. The average molecular weight is 293 g/mol. The lowest BCUT2D eigenvalue weighted by Crippen LogP contribution is -2.36. The third-order valence-corrected chi connectivity index (χ3v) is 2.49. The molecule has 1 N–H and O–H groups in total. The van der Waals surface area contributed by atoms with E-state index in [0.29, 0.717) is 52.3 Å². The van der Waals surface area contributed by atoms with E-state index in [4.69, 9.17) is 23.7 Å². The number of hydrogen-bond donors (Lipinski definition) is 1. The van der Waals surface area contributed by atoms with Crippen LogP contribution in [0.15, 0.2) is 0 Å². The Labute approximate surface area is 123 Å². The van der Waals surface area contributed by atoms with E-state index in [1.165, 1.54) is 0 Å². The highest BCUT2D eigenvalue weighted by atomic mass is 16.6. The highest BCUT2D eigenvalue weighted by molar-refractivity contribution is 4.63. The fourth-order valence-electron chi connectivity index (χ4n) is 1.46. The predicted octanol–water partition coefficient (Wildman–Crippen LogP) is 0.696. The van der Waals surface area contributed by atoms with E-state index in [-0.39, 0.29) is 6.10 Å². The number of rotatable bonds is 15. The van der Waals surface area contributed by atoms with Crippen molar-refractivity contribution in [1.82, 2.24) is 5.32 Å². The largest absolute Gasteiger partial charge is 0.382 e. The van der Waals surface area contributed by atoms with Gasteiger partial charge in [0.05, 0.1) is 52.4 Å². The maximum absolute atomic E-state index is 5.70. The second kappa shape index (κ2) is 15.2. The summed E-state index contributed by atoms with van der Waals surface area (Å²) in [6.07, 6.45) is 0.0592. The molecule has 0 aliphatic rings. The summed E-state index contributed by atoms with van der Waals surface area (Å²) in [6, 6.07) is 0.443. The molecule has 0 spiro atoms. The van der Waals surface area contributed by atoms with Crippen molar-refractivity contribution in [3.8, 4) is 0 Å². The van der Waals surface area contributed by atoms with Crippen LogP contribution in [0, 0.1) is 0 Å². The fourth-order valence-corrected chi connectivity index (χ4v) is 1.46. The summed E-state index contributed by atoms with van der Waals surface area (Å²) in [4.78, 5) is 0. The van der Waals surface area contributed by atoms with Gasteiger partial charge in [-0.05, 0) is 0 Å². The summed E-state index contributed by atoms with van der Waals surface area (Å²) >= 11 is 0. The molecule has 6 heteroatoms. The first kappa shape index (κ1) is 19.8. The molecule has 0 amide bonds. The third kappa shape index (κ3) is 14.2. The van der Waals surface area contributed by atoms with Crippen LogP contribution >= 0.6 is 0 Å². The minimum Gasteiger partial charge on any atom is -0.382 e. The van der Waals surface area contributed by atoms with Crippen molar-refractivity contribution in [3.63, 3.8) is 0 Å². The summed E-state index contributed by atoms with van der Waals surface area (Å²) < 4.78 is 26.4. The molecule has 0 radical (unpaired) electrons. The van der Waals surface area contributed by atoms with Crippen molar-refractivity contribution in [2.75, 3.05) is 67.0 Å². The van der Waals surface area contributed by atoms with E-state index in [9.17, 15) is 0 Å². The van der Waals surface area contributed by atoms with Crippen molar-refractivity contribution in [1.29, 1.82) is 0 Å². The van der Waals surface area contributed by atoms with Crippen LogP contribution in [0.1, 0.15) is 13.8 Å². The third-order valence-electron chi connectivity index (χ3n) is 2.49. The topological polar surface area (TPSA) is 58.2 Å². The molecule has 1 unspecified atom stereocenters. The van der Waals surface area contributed by atoms with Crippen molar-refractivity contribution in [3.05, 3.63) is 0 Å². The minimum atomic E-state index is 0.0592. The van der Waals surface area contributed by atoms with Crippen molar-refractivity contribution >= 4 is 0 Å². The molecule has 20 heavy (non-hydrogen) atoms. The van der Waals surface area contributed by atoms with Crippen LogP contribution < -0.4 is 5.32 Å². The summed E-state index contributed by atoms with van der Waals surface area (Å²) in [6.45, 7) is 9.09. The fraction of sp³-hybridized carbons (Fsp3) is 1.00. The lowest BCUT2D eigenvalue weighted by atomic mass is 10.3. The Bertz CT molecular complexity index is 192.